The van der Waals surface area contributed by atoms with Gasteiger partial charge in [0.25, 0.3) is 11.6 Å². The molecular formula is C17H16ClN3O7S. The van der Waals surface area contributed by atoms with Crippen LogP contribution in [0.25, 0.3) is 0 Å². The summed E-state index contributed by atoms with van der Waals surface area (Å²) in [5.41, 5.74) is -0.423. The van der Waals surface area contributed by atoms with E-state index in [9.17, 15) is 28.1 Å². The summed E-state index contributed by atoms with van der Waals surface area (Å²) >= 11 is 5.67. The normalized spacial score (nSPS) is 11.2. The van der Waals surface area contributed by atoms with Crippen LogP contribution in [0.4, 0.5) is 11.4 Å². The van der Waals surface area contributed by atoms with Gasteiger partial charge in [-0.15, -0.1) is 0 Å². The standard InChI is InChI=1S/C17H16ClN3O7S/c1-20(2)29(26,27)13-5-3-4-12(9-13)19-16(22)10-28-17(23)11-6-7-14(18)15(8-11)21(24)25/h3-9H,10H2,1-2H3,(H,19,22). The number of nitrogens with zero attached hydrogens (tertiary/aromatic N) is 2. The highest BCUT2D eigenvalue weighted by molar-refractivity contribution is 7.89. The van der Waals surface area contributed by atoms with Crippen molar-refractivity contribution < 1.29 is 27.7 Å². The predicted octanol–water partition coefficient (Wildman–Crippen LogP) is 2.29. The van der Waals surface area contributed by atoms with Crippen molar-refractivity contribution in [2.24, 2.45) is 0 Å². The molecule has 154 valence electrons. The number of nitro benzene ring substituents is 1. The van der Waals surface area contributed by atoms with E-state index in [0.29, 0.717) is 0 Å². The van der Waals surface area contributed by atoms with Crippen molar-refractivity contribution in [3.63, 3.8) is 0 Å². The number of esters is 1. The molecular weight excluding hydrogens is 426 g/mol. The van der Waals surface area contributed by atoms with Crippen LogP contribution >= 0.6 is 11.6 Å². The summed E-state index contributed by atoms with van der Waals surface area (Å²) in [5.74, 6) is -1.68. The SMILES string of the molecule is CN(C)S(=O)(=O)c1cccc(NC(=O)COC(=O)c2ccc(Cl)c([N+](=O)[O-])c2)c1. The molecule has 0 unspecified atom stereocenters. The second-order valence-corrected chi connectivity index (χ2v) is 8.42. The molecule has 0 aliphatic carbocycles. The first-order valence-corrected chi connectivity index (χ1v) is 9.77. The molecule has 0 aliphatic heterocycles. The lowest BCUT2D eigenvalue weighted by atomic mass is 10.2. The van der Waals surface area contributed by atoms with Crippen molar-refractivity contribution in [2.45, 2.75) is 4.90 Å². The van der Waals surface area contributed by atoms with Gasteiger partial charge in [0.2, 0.25) is 10.0 Å². The van der Waals surface area contributed by atoms with Crippen molar-refractivity contribution >= 4 is 44.9 Å². The molecule has 0 bridgehead atoms. The summed E-state index contributed by atoms with van der Waals surface area (Å²) in [6.45, 7) is -0.681. The molecule has 0 aliphatic rings. The van der Waals surface area contributed by atoms with Gasteiger partial charge < -0.3 is 10.1 Å². The van der Waals surface area contributed by atoms with Crippen LogP contribution in [0.3, 0.4) is 0 Å². The number of rotatable bonds is 7. The fourth-order valence-corrected chi connectivity index (χ4v) is 3.27. The van der Waals surface area contributed by atoms with E-state index in [4.69, 9.17) is 16.3 Å². The minimum absolute atomic E-state index is 0.0224. The fraction of sp³-hybridized carbons (Fsp3) is 0.176. The topological polar surface area (TPSA) is 136 Å². The van der Waals surface area contributed by atoms with Gasteiger partial charge in [-0.3, -0.25) is 14.9 Å². The van der Waals surface area contributed by atoms with E-state index in [1.807, 2.05) is 0 Å². The minimum atomic E-state index is -3.68. The Labute approximate surface area is 171 Å². The molecule has 29 heavy (non-hydrogen) atoms. The number of halogens is 1. The van der Waals surface area contributed by atoms with Crippen LogP contribution < -0.4 is 5.32 Å². The maximum absolute atomic E-state index is 12.1. The molecule has 2 rings (SSSR count). The summed E-state index contributed by atoms with van der Waals surface area (Å²) in [7, 11) is -0.929. The number of carbonyl (C=O) groups is 2. The van der Waals surface area contributed by atoms with Gasteiger partial charge in [-0.2, -0.15) is 0 Å². The molecule has 0 saturated heterocycles. The fourth-order valence-electron chi connectivity index (χ4n) is 2.14. The quantitative estimate of drug-likeness (QED) is 0.395. The van der Waals surface area contributed by atoms with Gasteiger partial charge >= 0.3 is 5.97 Å². The zero-order valence-corrected chi connectivity index (χ0v) is 16.9. The van der Waals surface area contributed by atoms with Gasteiger partial charge in [-0.1, -0.05) is 17.7 Å². The predicted molar refractivity (Wildman–Crippen MR) is 104 cm³/mol. The minimum Gasteiger partial charge on any atom is -0.452 e. The van der Waals surface area contributed by atoms with E-state index >= 15 is 0 Å². The first kappa shape index (κ1) is 22.3. The highest BCUT2D eigenvalue weighted by atomic mass is 35.5. The maximum atomic E-state index is 12.1. The molecule has 2 aromatic rings. The average Bonchev–Trinajstić information content (AvgIpc) is 2.66. The first-order valence-electron chi connectivity index (χ1n) is 7.96. The average molecular weight is 442 g/mol. The van der Waals surface area contributed by atoms with Gasteiger partial charge in [-0.25, -0.2) is 17.5 Å². The van der Waals surface area contributed by atoms with Crippen molar-refractivity contribution in [1.82, 2.24) is 4.31 Å². The Balaban J connectivity index is 2.03. The Bertz CT molecular complexity index is 1070. The second-order valence-electron chi connectivity index (χ2n) is 5.86. The second kappa shape index (κ2) is 8.99. The van der Waals surface area contributed by atoms with Gasteiger partial charge in [0.15, 0.2) is 6.61 Å². The van der Waals surface area contributed by atoms with Crippen molar-refractivity contribution in [1.29, 1.82) is 0 Å². The molecule has 0 fully saturated rings. The smallest absolute Gasteiger partial charge is 0.338 e. The zero-order chi connectivity index (χ0) is 21.8. The number of carbonyl (C=O) groups excluding carboxylic acids is 2. The summed E-state index contributed by atoms with van der Waals surface area (Å²) in [6.07, 6.45) is 0. The Morgan fingerprint density at radius 1 is 1.21 bits per heavy atom. The van der Waals surface area contributed by atoms with E-state index < -0.39 is 39.1 Å². The van der Waals surface area contributed by atoms with Crippen molar-refractivity contribution in [3.05, 3.63) is 63.2 Å². The number of benzene rings is 2. The third kappa shape index (κ3) is 5.50. The lowest BCUT2D eigenvalue weighted by Crippen LogP contribution is -2.23. The number of nitro groups is 1. The van der Waals surface area contributed by atoms with E-state index in [0.717, 1.165) is 10.4 Å². The number of ether oxygens (including phenoxy) is 1. The molecule has 10 nitrogen and oxygen atoms in total. The Hall–Kier alpha value is -3.02. The highest BCUT2D eigenvalue weighted by Gasteiger charge is 2.19. The van der Waals surface area contributed by atoms with Crippen molar-refractivity contribution in [3.8, 4) is 0 Å². The summed E-state index contributed by atoms with van der Waals surface area (Å²) in [4.78, 5) is 34.1. The number of anilines is 1. The third-order valence-electron chi connectivity index (χ3n) is 3.61. The zero-order valence-electron chi connectivity index (χ0n) is 15.3. The largest absolute Gasteiger partial charge is 0.452 e. The molecule has 1 N–H and O–H groups in total. The molecule has 0 heterocycles. The van der Waals surface area contributed by atoms with E-state index in [2.05, 4.69) is 5.32 Å². The van der Waals surface area contributed by atoms with E-state index in [-0.39, 0.29) is 21.2 Å². The third-order valence-corrected chi connectivity index (χ3v) is 5.74. The summed E-state index contributed by atoms with van der Waals surface area (Å²) in [5, 5.41) is 13.1. The van der Waals surface area contributed by atoms with Crippen LogP contribution in [0, 0.1) is 10.1 Å². The lowest BCUT2D eigenvalue weighted by molar-refractivity contribution is -0.384. The number of hydrogen-bond donors (Lipinski definition) is 1. The molecule has 12 heteroatoms. The number of amides is 1. The van der Waals surface area contributed by atoms with Crippen LogP contribution in [0.1, 0.15) is 10.4 Å². The van der Waals surface area contributed by atoms with Gasteiger partial charge in [0, 0.05) is 25.8 Å². The van der Waals surface area contributed by atoms with Crippen LogP contribution in [0.15, 0.2) is 47.4 Å². The Morgan fingerprint density at radius 2 is 1.90 bits per heavy atom. The maximum Gasteiger partial charge on any atom is 0.338 e. The molecule has 0 atom stereocenters. The summed E-state index contributed by atoms with van der Waals surface area (Å²) < 4.78 is 30.1. The van der Waals surface area contributed by atoms with Crippen LogP contribution in [-0.2, 0) is 19.6 Å². The van der Waals surface area contributed by atoms with Crippen LogP contribution in [0.2, 0.25) is 5.02 Å². The van der Waals surface area contributed by atoms with Gasteiger partial charge in [0.1, 0.15) is 5.02 Å². The van der Waals surface area contributed by atoms with Gasteiger partial charge in [-0.05, 0) is 30.3 Å². The molecule has 0 spiro atoms. The summed E-state index contributed by atoms with van der Waals surface area (Å²) in [6, 6.07) is 8.90. The molecule has 0 radical (unpaired) electrons. The monoisotopic (exact) mass is 441 g/mol. The molecule has 2 aromatic carbocycles. The van der Waals surface area contributed by atoms with E-state index in [1.165, 1.54) is 50.5 Å². The lowest BCUT2D eigenvalue weighted by Gasteiger charge is -2.12. The Morgan fingerprint density at radius 3 is 2.52 bits per heavy atom. The van der Waals surface area contributed by atoms with Crippen LogP contribution in [0.5, 0.6) is 0 Å². The highest BCUT2D eigenvalue weighted by Crippen LogP contribution is 2.25. The number of sulfonamides is 1. The van der Waals surface area contributed by atoms with E-state index in [1.54, 1.807) is 0 Å². The van der Waals surface area contributed by atoms with Gasteiger partial charge in [0.05, 0.1) is 15.4 Å². The molecule has 1 amide bonds. The first-order chi connectivity index (χ1) is 13.5. The number of nitrogens with one attached hydrogen (secondary N) is 1. The Kier molecular flexibility index (Phi) is 6.90. The van der Waals surface area contributed by atoms with Crippen LogP contribution in [-0.4, -0.2) is 50.2 Å². The number of hydrogen-bond acceptors (Lipinski definition) is 7. The molecule has 0 aromatic heterocycles. The molecule has 0 saturated carbocycles. The van der Waals surface area contributed by atoms with Crippen molar-refractivity contribution in [2.75, 3.05) is 26.0 Å².